The van der Waals surface area contributed by atoms with E-state index in [1.54, 1.807) is 12.1 Å². The molecule has 0 radical (unpaired) electrons. The predicted octanol–water partition coefficient (Wildman–Crippen LogP) is 2.22. The summed E-state index contributed by atoms with van der Waals surface area (Å²) in [4.78, 5) is 13.9. The summed E-state index contributed by atoms with van der Waals surface area (Å²) in [6.45, 7) is 2.08. The number of ether oxygens (including phenoxy) is 1. The zero-order valence-electron chi connectivity index (χ0n) is 12.1. The van der Waals surface area contributed by atoms with Crippen molar-refractivity contribution in [3.63, 3.8) is 0 Å². The van der Waals surface area contributed by atoms with Crippen LogP contribution >= 0.6 is 0 Å². The van der Waals surface area contributed by atoms with Crippen LogP contribution in [-0.4, -0.2) is 42.2 Å². The number of rotatable bonds is 6. The Labute approximate surface area is 124 Å². The van der Waals surface area contributed by atoms with E-state index in [2.05, 4.69) is 0 Å². The number of hydrogen-bond donors (Lipinski definition) is 1. The Balaban J connectivity index is 1.63. The lowest BCUT2D eigenvalue weighted by atomic mass is 9.97. The molecule has 0 bridgehead atoms. The van der Waals surface area contributed by atoms with E-state index in [1.165, 1.54) is 12.1 Å². The molecule has 0 spiro atoms. The van der Waals surface area contributed by atoms with Crippen LogP contribution in [0.5, 0.6) is 5.75 Å². The summed E-state index contributed by atoms with van der Waals surface area (Å²) in [7, 11) is 0. The van der Waals surface area contributed by atoms with Gasteiger partial charge in [0.25, 0.3) is 0 Å². The number of aliphatic hydroxyl groups excluding tert-OH is 1. The first-order valence-electron chi connectivity index (χ1n) is 7.46. The van der Waals surface area contributed by atoms with E-state index in [0.29, 0.717) is 31.1 Å². The highest BCUT2D eigenvalue weighted by Gasteiger charge is 2.21. The fraction of sp³-hybridized carbons (Fsp3) is 0.562. The molecule has 1 aromatic rings. The standard InChI is InChI=1S/C16H22FNO3/c17-14-3-1-4-15(11-14)21-10-2-5-16(20)18-8-6-13(12-19)7-9-18/h1,3-4,11,13,19H,2,5-10,12H2. The summed E-state index contributed by atoms with van der Waals surface area (Å²) in [6, 6.07) is 6.00. The molecule has 0 aromatic heterocycles. The lowest BCUT2D eigenvalue weighted by Gasteiger charge is -2.31. The van der Waals surface area contributed by atoms with Gasteiger partial charge in [-0.3, -0.25) is 4.79 Å². The molecule has 0 unspecified atom stereocenters. The molecule has 2 rings (SSSR count). The Morgan fingerprint density at radius 2 is 2.14 bits per heavy atom. The number of halogens is 1. The molecule has 1 fully saturated rings. The number of benzene rings is 1. The van der Waals surface area contributed by atoms with Gasteiger partial charge in [-0.05, 0) is 37.3 Å². The summed E-state index contributed by atoms with van der Waals surface area (Å²) in [6.07, 6.45) is 2.82. The second-order valence-electron chi connectivity index (χ2n) is 5.42. The molecule has 4 nitrogen and oxygen atoms in total. The van der Waals surface area contributed by atoms with Crippen molar-refractivity contribution in [2.45, 2.75) is 25.7 Å². The molecule has 1 amide bonds. The number of hydrogen-bond acceptors (Lipinski definition) is 3. The zero-order chi connectivity index (χ0) is 15.1. The van der Waals surface area contributed by atoms with E-state index in [0.717, 1.165) is 25.9 Å². The zero-order valence-corrected chi connectivity index (χ0v) is 12.1. The Hall–Kier alpha value is -1.62. The number of aliphatic hydroxyl groups is 1. The molecule has 116 valence electrons. The maximum atomic E-state index is 12.9. The highest BCUT2D eigenvalue weighted by Crippen LogP contribution is 2.17. The molecule has 0 aliphatic carbocycles. The van der Waals surface area contributed by atoms with E-state index in [9.17, 15) is 9.18 Å². The molecule has 1 aliphatic heterocycles. The summed E-state index contributed by atoms with van der Waals surface area (Å²) in [5, 5.41) is 9.07. The Morgan fingerprint density at radius 1 is 1.38 bits per heavy atom. The largest absolute Gasteiger partial charge is 0.493 e. The molecule has 1 aromatic carbocycles. The molecule has 1 N–H and O–H groups in total. The van der Waals surface area contributed by atoms with Gasteiger partial charge in [-0.1, -0.05) is 6.07 Å². The third-order valence-corrected chi connectivity index (χ3v) is 3.83. The van der Waals surface area contributed by atoms with Gasteiger partial charge in [-0.15, -0.1) is 0 Å². The Morgan fingerprint density at radius 3 is 2.81 bits per heavy atom. The predicted molar refractivity (Wildman–Crippen MR) is 77.5 cm³/mol. The average Bonchev–Trinajstić information content (AvgIpc) is 2.51. The number of nitrogens with zero attached hydrogens (tertiary/aromatic N) is 1. The molecule has 0 atom stereocenters. The van der Waals surface area contributed by atoms with Gasteiger partial charge >= 0.3 is 0 Å². The van der Waals surface area contributed by atoms with Gasteiger partial charge < -0.3 is 14.7 Å². The van der Waals surface area contributed by atoms with Crippen molar-refractivity contribution in [3.05, 3.63) is 30.1 Å². The normalized spacial score (nSPS) is 16.0. The van der Waals surface area contributed by atoms with Crippen LogP contribution in [0.1, 0.15) is 25.7 Å². The minimum Gasteiger partial charge on any atom is -0.493 e. The van der Waals surface area contributed by atoms with E-state index in [-0.39, 0.29) is 18.3 Å². The van der Waals surface area contributed by atoms with Crippen molar-refractivity contribution in [2.75, 3.05) is 26.3 Å². The van der Waals surface area contributed by atoms with E-state index in [1.807, 2.05) is 4.90 Å². The minimum atomic E-state index is -0.324. The maximum Gasteiger partial charge on any atom is 0.222 e. The van der Waals surface area contributed by atoms with Crippen LogP contribution < -0.4 is 4.74 Å². The first kappa shape index (κ1) is 15.8. The number of piperidine rings is 1. The molecular formula is C16H22FNO3. The van der Waals surface area contributed by atoms with Gasteiger partial charge in [0.2, 0.25) is 5.91 Å². The van der Waals surface area contributed by atoms with Gasteiger partial charge in [0.1, 0.15) is 11.6 Å². The van der Waals surface area contributed by atoms with Crippen LogP contribution in [-0.2, 0) is 4.79 Å². The van der Waals surface area contributed by atoms with Crippen molar-refractivity contribution in [1.82, 2.24) is 4.90 Å². The fourth-order valence-electron chi connectivity index (χ4n) is 2.49. The topological polar surface area (TPSA) is 49.8 Å². The van der Waals surface area contributed by atoms with Crippen molar-refractivity contribution < 1.29 is 19.0 Å². The molecule has 0 saturated carbocycles. The summed E-state index contributed by atoms with van der Waals surface area (Å²) < 4.78 is 18.4. The van der Waals surface area contributed by atoms with E-state index < -0.39 is 0 Å². The maximum absolute atomic E-state index is 12.9. The third kappa shape index (κ3) is 5.01. The van der Waals surface area contributed by atoms with Crippen molar-refractivity contribution >= 4 is 5.91 Å². The van der Waals surface area contributed by atoms with E-state index >= 15 is 0 Å². The van der Waals surface area contributed by atoms with Gasteiger partial charge in [0.15, 0.2) is 0 Å². The van der Waals surface area contributed by atoms with Crippen LogP contribution in [0.25, 0.3) is 0 Å². The quantitative estimate of drug-likeness (QED) is 0.819. The smallest absolute Gasteiger partial charge is 0.222 e. The lowest BCUT2D eigenvalue weighted by Crippen LogP contribution is -2.39. The first-order valence-corrected chi connectivity index (χ1v) is 7.46. The van der Waals surface area contributed by atoms with Crippen molar-refractivity contribution in [3.8, 4) is 5.75 Å². The molecule has 1 aliphatic rings. The highest BCUT2D eigenvalue weighted by molar-refractivity contribution is 5.76. The van der Waals surface area contributed by atoms with Crippen molar-refractivity contribution in [2.24, 2.45) is 5.92 Å². The average molecular weight is 295 g/mol. The lowest BCUT2D eigenvalue weighted by molar-refractivity contribution is -0.133. The van der Waals surface area contributed by atoms with E-state index in [4.69, 9.17) is 9.84 Å². The Bertz CT molecular complexity index is 459. The second kappa shape index (κ2) is 7.98. The van der Waals surface area contributed by atoms with Crippen molar-refractivity contribution in [1.29, 1.82) is 0 Å². The molecule has 1 heterocycles. The van der Waals surface area contributed by atoms with Gasteiger partial charge in [0.05, 0.1) is 6.61 Å². The van der Waals surface area contributed by atoms with Gasteiger partial charge in [-0.25, -0.2) is 4.39 Å². The van der Waals surface area contributed by atoms with Crippen LogP contribution in [0.4, 0.5) is 4.39 Å². The van der Waals surface area contributed by atoms with Crippen LogP contribution in [0.3, 0.4) is 0 Å². The molecule has 1 saturated heterocycles. The minimum absolute atomic E-state index is 0.134. The number of carbonyl (C=O) groups is 1. The van der Waals surface area contributed by atoms with Crippen LogP contribution in [0.2, 0.25) is 0 Å². The van der Waals surface area contributed by atoms with Crippen LogP contribution in [0, 0.1) is 11.7 Å². The monoisotopic (exact) mass is 295 g/mol. The SMILES string of the molecule is O=C(CCCOc1cccc(F)c1)N1CCC(CO)CC1. The third-order valence-electron chi connectivity index (χ3n) is 3.83. The molecular weight excluding hydrogens is 273 g/mol. The Kier molecular flexibility index (Phi) is 5.99. The first-order chi connectivity index (χ1) is 10.2. The highest BCUT2D eigenvalue weighted by atomic mass is 19.1. The van der Waals surface area contributed by atoms with Gasteiger partial charge in [0, 0.05) is 32.2 Å². The van der Waals surface area contributed by atoms with Crippen LogP contribution in [0.15, 0.2) is 24.3 Å². The molecule has 5 heteroatoms. The number of amides is 1. The number of carbonyl (C=O) groups excluding carboxylic acids is 1. The fourth-order valence-corrected chi connectivity index (χ4v) is 2.49. The second-order valence-corrected chi connectivity index (χ2v) is 5.42. The molecule has 21 heavy (non-hydrogen) atoms. The summed E-state index contributed by atoms with van der Waals surface area (Å²) in [5.41, 5.74) is 0. The summed E-state index contributed by atoms with van der Waals surface area (Å²) >= 11 is 0. The van der Waals surface area contributed by atoms with Gasteiger partial charge in [-0.2, -0.15) is 0 Å². The summed E-state index contributed by atoms with van der Waals surface area (Å²) in [5.74, 6) is 0.640. The number of likely N-dealkylation sites (tertiary alicyclic amines) is 1.